The summed E-state index contributed by atoms with van der Waals surface area (Å²) in [5, 5.41) is 16.6. The van der Waals surface area contributed by atoms with E-state index in [1.807, 2.05) is 4.90 Å². The largest absolute Gasteiger partial charge is 0.391 e. The van der Waals surface area contributed by atoms with Gasteiger partial charge in [-0.1, -0.05) is 39.8 Å². The van der Waals surface area contributed by atoms with Crippen molar-refractivity contribution < 1.29 is 9.90 Å². The van der Waals surface area contributed by atoms with E-state index in [0.29, 0.717) is 19.5 Å². The van der Waals surface area contributed by atoms with E-state index in [2.05, 4.69) is 56.6 Å². The topological polar surface area (TPSA) is 65.5 Å². The van der Waals surface area contributed by atoms with E-state index in [0.717, 1.165) is 30.1 Å². The summed E-state index contributed by atoms with van der Waals surface area (Å²) in [5.74, 6) is 0.314. The highest BCUT2D eigenvalue weighted by Gasteiger charge is 2.38. The summed E-state index contributed by atoms with van der Waals surface area (Å²) < 4.78 is 0. The number of carbonyl (C=O) groups excluding carboxylic acids is 1. The Morgan fingerprint density at radius 3 is 2.64 bits per heavy atom. The van der Waals surface area contributed by atoms with E-state index in [4.69, 9.17) is 4.98 Å². The van der Waals surface area contributed by atoms with Crippen LogP contribution in [0, 0.1) is 0 Å². The van der Waals surface area contributed by atoms with Crippen molar-refractivity contribution >= 4 is 17.2 Å². The molecule has 0 saturated carbocycles. The molecule has 2 fully saturated rings. The first kappa shape index (κ1) is 23.0. The summed E-state index contributed by atoms with van der Waals surface area (Å²) in [6.45, 7) is 11.6. The number of aliphatic hydroxyl groups excluding tert-OH is 1. The number of carbonyl (C=O) groups is 1. The minimum atomic E-state index is -0.567. The molecule has 1 amide bonds. The number of nitrogens with zero attached hydrogens (tertiary/aromatic N) is 2. The molecule has 2 aliphatic heterocycles. The predicted octanol–water partition coefficient (Wildman–Crippen LogP) is 4.59. The number of rotatable bonds is 3. The van der Waals surface area contributed by atoms with Gasteiger partial charge in [0.25, 0.3) is 0 Å². The van der Waals surface area contributed by atoms with Crippen LogP contribution >= 0.6 is 11.3 Å². The highest BCUT2D eigenvalue weighted by molar-refractivity contribution is 7.10. The number of hydrogen-bond acceptors (Lipinski definition) is 5. The minimum Gasteiger partial charge on any atom is -0.391 e. The fourth-order valence-electron chi connectivity index (χ4n) is 5.87. The van der Waals surface area contributed by atoms with Crippen molar-refractivity contribution in [1.29, 1.82) is 0 Å². The molecule has 3 atom stereocenters. The zero-order valence-corrected chi connectivity index (χ0v) is 21.2. The number of likely N-dealkylation sites (tertiary alicyclic amines) is 1. The summed E-state index contributed by atoms with van der Waals surface area (Å²) in [6, 6.07) is 6.49. The van der Waals surface area contributed by atoms with E-state index < -0.39 is 12.1 Å². The average molecular weight is 468 g/mol. The van der Waals surface area contributed by atoms with Crippen molar-refractivity contribution in [2.75, 3.05) is 19.6 Å². The van der Waals surface area contributed by atoms with Crippen LogP contribution < -0.4 is 5.32 Å². The first-order chi connectivity index (χ1) is 15.7. The lowest BCUT2D eigenvalue weighted by Gasteiger charge is -2.42. The Hall–Kier alpha value is -1.76. The molecule has 0 radical (unpaired) electrons. The number of hydrogen-bond donors (Lipinski definition) is 2. The first-order valence-corrected chi connectivity index (χ1v) is 13.3. The molecule has 5 nitrogen and oxygen atoms in total. The quantitative estimate of drug-likeness (QED) is 0.693. The molecule has 1 aromatic heterocycles. The number of thiazole rings is 1. The summed E-state index contributed by atoms with van der Waals surface area (Å²) in [4.78, 5) is 19.9. The van der Waals surface area contributed by atoms with Crippen molar-refractivity contribution in [3.05, 3.63) is 39.7 Å². The first-order valence-electron chi connectivity index (χ1n) is 12.5. The highest BCUT2D eigenvalue weighted by atomic mass is 32.1. The van der Waals surface area contributed by atoms with Crippen molar-refractivity contribution in [3.63, 3.8) is 0 Å². The number of benzene rings is 1. The normalized spacial score (nSPS) is 28.5. The lowest BCUT2D eigenvalue weighted by molar-refractivity contribution is -0.136. The van der Waals surface area contributed by atoms with Gasteiger partial charge in [-0.3, -0.25) is 4.79 Å². The molecule has 3 heterocycles. The molecule has 3 aliphatic rings. The molecule has 1 unspecified atom stereocenters. The zero-order chi connectivity index (χ0) is 23.4. The van der Waals surface area contributed by atoms with Crippen molar-refractivity contribution in [3.8, 4) is 11.3 Å². The van der Waals surface area contributed by atoms with Gasteiger partial charge in [0.05, 0.1) is 16.8 Å². The zero-order valence-electron chi connectivity index (χ0n) is 20.4. The van der Waals surface area contributed by atoms with E-state index in [-0.39, 0.29) is 22.7 Å². The van der Waals surface area contributed by atoms with Gasteiger partial charge >= 0.3 is 0 Å². The van der Waals surface area contributed by atoms with Gasteiger partial charge in [0.15, 0.2) is 0 Å². The molecule has 0 bridgehead atoms. The molecule has 33 heavy (non-hydrogen) atoms. The van der Waals surface area contributed by atoms with Gasteiger partial charge < -0.3 is 15.3 Å². The van der Waals surface area contributed by atoms with Gasteiger partial charge in [0.2, 0.25) is 5.91 Å². The second-order valence-electron chi connectivity index (χ2n) is 11.5. The number of amides is 1. The van der Waals surface area contributed by atoms with Crippen molar-refractivity contribution in [1.82, 2.24) is 15.2 Å². The van der Waals surface area contributed by atoms with Crippen LogP contribution in [0.4, 0.5) is 0 Å². The third-order valence-electron chi connectivity index (χ3n) is 8.21. The van der Waals surface area contributed by atoms with Crippen LogP contribution in [0.2, 0.25) is 0 Å². The molecule has 6 heteroatoms. The Bertz CT molecular complexity index is 1040. The molecule has 2 N–H and O–H groups in total. The monoisotopic (exact) mass is 467 g/mol. The second-order valence-corrected chi connectivity index (χ2v) is 12.4. The second kappa shape index (κ2) is 8.47. The van der Waals surface area contributed by atoms with Crippen LogP contribution in [-0.4, -0.2) is 52.7 Å². The fraction of sp³-hybridized carbons (Fsp3) is 0.630. The van der Waals surface area contributed by atoms with Gasteiger partial charge in [0.1, 0.15) is 6.04 Å². The molecule has 5 rings (SSSR count). The minimum absolute atomic E-state index is 0.0426. The lowest BCUT2D eigenvalue weighted by Crippen LogP contribution is -2.50. The molecule has 0 spiro atoms. The average Bonchev–Trinajstić information content (AvgIpc) is 3.46. The molecule has 2 saturated heterocycles. The van der Waals surface area contributed by atoms with Gasteiger partial charge in [-0.25, -0.2) is 4.98 Å². The number of fused-ring (bicyclic) bond motifs is 1. The maximum atomic E-state index is 13.0. The molecule has 1 aromatic carbocycles. The fourth-order valence-corrected chi connectivity index (χ4v) is 6.83. The SMILES string of the molecule is CC1(C)CCC(C)(C)c2cc(-c3csc(C4CCCN(C(=O)[C@H]5NCC[C@@H]5O)C4)n3)ccc21. The Balaban J connectivity index is 1.36. The summed E-state index contributed by atoms with van der Waals surface area (Å²) in [6.07, 6.45) is 4.55. The number of piperidine rings is 1. The molecule has 1 aliphatic carbocycles. The third kappa shape index (κ3) is 4.26. The van der Waals surface area contributed by atoms with Crippen LogP contribution in [0.15, 0.2) is 23.6 Å². The van der Waals surface area contributed by atoms with Gasteiger partial charge in [-0.15, -0.1) is 11.3 Å². The van der Waals surface area contributed by atoms with Crippen LogP contribution in [0.1, 0.15) is 81.9 Å². The Morgan fingerprint density at radius 1 is 1.15 bits per heavy atom. The van der Waals surface area contributed by atoms with Crippen LogP contribution in [0.5, 0.6) is 0 Å². The number of aliphatic hydroxyl groups is 1. The molecule has 2 aromatic rings. The Labute approximate surface area is 201 Å². The maximum absolute atomic E-state index is 13.0. The molecular formula is C27H37N3O2S. The number of nitrogens with one attached hydrogen (secondary N) is 1. The third-order valence-corrected chi connectivity index (χ3v) is 9.22. The summed E-state index contributed by atoms with van der Waals surface area (Å²) in [7, 11) is 0. The lowest BCUT2D eigenvalue weighted by atomic mass is 9.63. The van der Waals surface area contributed by atoms with E-state index in [1.54, 1.807) is 11.3 Å². The van der Waals surface area contributed by atoms with Crippen LogP contribution in [-0.2, 0) is 15.6 Å². The number of aromatic nitrogens is 1. The van der Waals surface area contributed by atoms with Crippen LogP contribution in [0.3, 0.4) is 0 Å². The molecule has 178 valence electrons. The van der Waals surface area contributed by atoms with Gasteiger partial charge in [-0.05, 0) is 66.7 Å². The van der Waals surface area contributed by atoms with Crippen LogP contribution in [0.25, 0.3) is 11.3 Å². The smallest absolute Gasteiger partial charge is 0.242 e. The summed E-state index contributed by atoms with van der Waals surface area (Å²) >= 11 is 1.72. The Kier molecular flexibility index (Phi) is 5.91. The van der Waals surface area contributed by atoms with E-state index in [1.165, 1.54) is 29.5 Å². The van der Waals surface area contributed by atoms with Crippen molar-refractivity contribution in [2.45, 2.75) is 88.7 Å². The maximum Gasteiger partial charge on any atom is 0.242 e. The van der Waals surface area contributed by atoms with E-state index >= 15 is 0 Å². The highest BCUT2D eigenvalue weighted by Crippen LogP contribution is 2.47. The van der Waals surface area contributed by atoms with Gasteiger partial charge in [-0.2, -0.15) is 0 Å². The van der Waals surface area contributed by atoms with E-state index in [9.17, 15) is 9.90 Å². The van der Waals surface area contributed by atoms with Gasteiger partial charge in [0, 0.05) is 30.0 Å². The standard InChI is InChI=1S/C27H37N3O2S/c1-26(2)10-11-27(3,4)20-14-17(7-8-19(20)26)21-16-33-24(29-21)18-6-5-13-30(15-18)25(32)23-22(31)9-12-28-23/h7-8,14,16,18,22-23,28,31H,5-6,9-13,15H2,1-4H3/t18?,22-,23-/m0/s1. The summed E-state index contributed by atoms with van der Waals surface area (Å²) in [5.41, 5.74) is 5.58. The Morgan fingerprint density at radius 2 is 1.91 bits per heavy atom. The van der Waals surface area contributed by atoms with Crippen molar-refractivity contribution in [2.24, 2.45) is 0 Å². The molecular weight excluding hydrogens is 430 g/mol. The predicted molar refractivity (Wildman–Crippen MR) is 134 cm³/mol.